The van der Waals surface area contributed by atoms with E-state index < -0.39 is 34.8 Å². The molecule has 0 atom stereocenters. The second-order valence-electron chi connectivity index (χ2n) is 9.31. The number of rotatable bonds is 6. The van der Waals surface area contributed by atoms with Crippen LogP contribution >= 0.6 is 0 Å². The third kappa shape index (κ3) is 5.26. The lowest BCUT2D eigenvalue weighted by atomic mass is 9.77. The molecule has 2 nitrogen and oxygen atoms in total. The summed E-state index contributed by atoms with van der Waals surface area (Å²) in [6, 6.07) is 11.5. The predicted octanol–water partition coefficient (Wildman–Crippen LogP) is 8.51. The lowest BCUT2D eigenvalue weighted by Crippen LogP contribution is -2.15. The van der Waals surface area contributed by atoms with Gasteiger partial charge in [-0.15, -0.1) is 0 Å². The van der Waals surface area contributed by atoms with E-state index in [-0.39, 0.29) is 22.8 Å². The van der Waals surface area contributed by atoms with Crippen LogP contribution in [0.25, 0.3) is 11.1 Å². The molecule has 1 aliphatic carbocycles. The van der Waals surface area contributed by atoms with Crippen molar-refractivity contribution in [3.63, 3.8) is 0 Å². The highest BCUT2D eigenvalue weighted by atomic mass is 19.2. The summed E-state index contributed by atoms with van der Waals surface area (Å²) in [7, 11) is 0. The first-order chi connectivity index (χ1) is 16.8. The van der Waals surface area contributed by atoms with Crippen LogP contribution in [0.3, 0.4) is 0 Å². The van der Waals surface area contributed by atoms with Crippen LogP contribution in [0.15, 0.2) is 48.5 Å². The van der Waals surface area contributed by atoms with E-state index in [0.717, 1.165) is 38.2 Å². The van der Waals surface area contributed by atoms with Gasteiger partial charge in [-0.2, -0.15) is 0 Å². The molecule has 0 heterocycles. The minimum absolute atomic E-state index is 0.0282. The lowest BCUT2D eigenvalue weighted by molar-refractivity contribution is 0.0728. The zero-order chi connectivity index (χ0) is 25.1. The Hall–Kier alpha value is -3.15. The van der Waals surface area contributed by atoms with Gasteiger partial charge in [0.15, 0.2) is 23.3 Å². The molecule has 4 rings (SSSR count). The summed E-state index contributed by atoms with van der Waals surface area (Å²) in [5.41, 5.74) is 0.499. The summed E-state index contributed by atoms with van der Waals surface area (Å²) in [6.07, 6.45) is 6.15. The van der Waals surface area contributed by atoms with E-state index >= 15 is 8.78 Å². The van der Waals surface area contributed by atoms with E-state index in [2.05, 4.69) is 6.92 Å². The molecule has 0 spiro atoms. The number of hydrogen-bond acceptors (Lipinski definition) is 2. The SMILES string of the molecule is CCCC1CCC(c2ccc(-c3ccc(OC(=O)c4ccc(C)c(F)c4F)cc3)c(F)c2F)CC1. The number of benzene rings is 3. The van der Waals surface area contributed by atoms with Crippen LogP contribution in [0.2, 0.25) is 0 Å². The maximum absolute atomic E-state index is 15.0. The van der Waals surface area contributed by atoms with Gasteiger partial charge in [-0.3, -0.25) is 0 Å². The summed E-state index contributed by atoms with van der Waals surface area (Å²) in [5.74, 6) is -4.37. The molecule has 0 radical (unpaired) electrons. The fourth-order valence-electron chi connectivity index (χ4n) is 4.94. The summed E-state index contributed by atoms with van der Waals surface area (Å²) in [5, 5.41) is 0. The molecular weight excluding hydrogens is 456 g/mol. The fraction of sp³-hybridized carbons (Fsp3) is 0.345. The van der Waals surface area contributed by atoms with E-state index in [1.807, 2.05) is 0 Å². The molecule has 0 aromatic heterocycles. The molecule has 1 aliphatic rings. The fourth-order valence-corrected chi connectivity index (χ4v) is 4.94. The Morgan fingerprint density at radius 2 is 1.51 bits per heavy atom. The maximum Gasteiger partial charge on any atom is 0.346 e. The van der Waals surface area contributed by atoms with Crippen molar-refractivity contribution in [2.45, 2.75) is 58.3 Å². The Kier molecular flexibility index (Phi) is 7.58. The van der Waals surface area contributed by atoms with Gasteiger partial charge in [0.05, 0.1) is 5.56 Å². The number of carbonyl (C=O) groups is 1. The topological polar surface area (TPSA) is 26.3 Å². The molecule has 0 saturated heterocycles. The predicted molar refractivity (Wildman–Crippen MR) is 127 cm³/mol. The van der Waals surface area contributed by atoms with Crippen LogP contribution in [0.1, 0.15) is 72.9 Å². The van der Waals surface area contributed by atoms with Crippen LogP contribution < -0.4 is 4.74 Å². The van der Waals surface area contributed by atoms with Gasteiger partial charge in [0.2, 0.25) is 0 Å². The number of carbonyl (C=O) groups excluding carboxylic acids is 1. The van der Waals surface area contributed by atoms with Crippen LogP contribution in [-0.2, 0) is 0 Å². The van der Waals surface area contributed by atoms with Crippen molar-refractivity contribution in [3.05, 3.63) is 88.5 Å². The van der Waals surface area contributed by atoms with Crippen molar-refractivity contribution in [2.24, 2.45) is 5.92 Å². The van der Waals surface area contributed by atoms with Gasteiger partial charge in [-0.05, 0) is 79.3 Å². The largest absolute Gasteiger partial charge is 0.423 e. The zero-order valence-electron chi connectivity index (χ0n) is 19.8. The van der Waals surface area contributed by atoms with Crippen molar-refractivity contribution in [1.82, 2.24) is 0 Å². The Morgan fingerprint density at radius 3 is 2.17 bits per heavy atom. The van der Waals surface area contributed by atoms with E-state index in [1.54, 1.807) is 12.1 Å². The molecule has 1 saturated carbocycles. The maximum atomic E-state index is 15.0. The highest BCUT2D eigenvalue weighted by molar-refractivity contribution is 5.91. The summed E-state index contributed by atoms with van der Waals surface area (Å²) in [4.78, 5) is 12.3. The molecule has 6 heteroatoms. The van der Waals surface area contributed by atoms with Gasteiger partial charge in [-0.25, -0.2) is 22.4 Å². The van der Waals surface area contributed by atoms with E-state index in [0.29, 0.717) is 17.0 Å². The minimum atomic E-state index is -1.27. The third-order valence-corrected chi connectivity index (χ3v) is 6.97. The number of esters is 1. The van der Waals surface area contributed by atoms with Gasteiger partial charge in [0.1, 0.15) is 5.75 Å². The number of halogens is 4. The summed E-state index contributed by atoms with van der Waals surface area (Å²) in [6.45, 7) is 3.56. The second kappa shape index (κ2) is 10.6. The first kappa shape index (κ1) is 25.0. The molecule has 0 bridgehead atoms. The number of hydrogen-bond donors (Lipinski definition) is 0. The Balaban J connectivity index is 1.48. The molecule has 0 N–H and O–H groups in total. The van der Waals surface area contributed by atoms with Gasteiger partial charge in [-0.1, -0.05) is 50.1 Å². The van der Waals surface area contributed by atoms with Crippen LogP contribution in [0.4, 0.5) is 17.6 Å². The smallest absolute Gasteiger partial charge is 0.346 e. The Bertz CT molecular complexity index is 1210. The van der Waals surface area contributed by atoms with Crippen molar-refractivity contribution in [2.75, 3.05) is 0 Å². The average Bonchev–Trinajstić information content (AvgIpc) is 2.86. The lowest BCUT2D eigenvalue weighted by Gasteiger charge is -2.29. The molecule has 35 heavy (non-hydrogen) atoms. The molecule has 184 valence electrons. The highest BCUT2D eigenvalue weighted by Crippen LogP contribution is 2.40. The van der Waals surface area contributed by atoms with Gasteiger partial charge < -0.3 is 4.74 Å². The Labute approximate surface area is 202 Å². The second-order valence-corrected chi connectivity index (χ2v) is 9.31. The molecule has 3 aromatic carbocycles. The van der Waals surface area contributed by atoms with Crippen molar-refractivity contribution >= 4 is 5.97 Å². The summed E-state index contributed by atoms with van der Waals surface area (Å²) >= 11 is 0. The Morgan fingerprint density at radius 1 is 0.829 bits per heavy atom. The van der Waals surface area contributed by atoms with Gasteiger partial charge in [0.25, 0.3) is 0 Å². The van der Waals surface area contributed by atoms with Crippen LogP contribution in [-0.4, -0.2) is 5.97 Å². The van der Waals surface area contributed by atoms with Gasteiger partial charge in [0, 0.05) is 5.56 Å². The highest BCUT2D eigenvalue weighted by Gasteiger charge is 2.26. The average molecular weight is 485 g/mol. The number of ether oxygens (including phenoxy) is 1. The zero-order valence-corrected chi connectivity index (χ0v) is 19.8. The molecule has 1 fully saturated rings. The molecular formula is C29H28F4O2. The molecule has 0 aliphatic heterocycles. The third-order valence-electron chi connectivity index (χ3n) is 6.97. The van der Waals surface area contributed by atoms with Crippen molar-refractivity contribution in [1.29, 1.82) is 0 Å². The van der Waals surface area contributed by atoms with Crippen molar-refractivity contribution < 1.29 is 27.1 Å². The molecule has 0 amide bonds. The van der Waals surface area contributed by atoms with Crippen LogP contribution in [0, 0.1) is 36.1 Å². The summed E-state index contributed by atoms with van der Waals surface area (Å²) < 4.78 is 62.9. The van der Waals surface area contributed by atoms with E-state index in [9.17, 15) is 13.6 Å². The normalized spacial score (nSPS) is 17.9. The standard InChI is InChI=1S/C29H28F4O2/c1-3-4-18-6-8-19(9-7-18)22-15-16-23(27(32)26(22)31)20-10-12-21(13-11-20)35-29(34)24-14-5-17(2)25(30)28(24)33/h5,10-16,18-19H,3-4,6-9H2,1-2H3. The first-order valence-corrected chi connectivity index (χ1v) is 12.0. The monoisotopic (exact) mass is 484 g/mol. The molecule has 0 unspecified atom stereocenters. The minimum Gasteiger partial charge on any atom is -0.423 e. The van der Waals surface area contributed by atoms with Crippen molar-refractivity contribution in [3.8, 4) is 16.9 Å². The quantitative estimate of drug-likeness (QED) is 0.199. The first-order valence-electron chi connectivity index (χ1n) is 12.0. The van der Waals surface area contributed by atoms with E-state index in [4.69, 9.17) is 4.74 Å². The van der Waals surface area contributed by atoms with Crippen LogP contribution in [0.5, 0.6) is 5.75 Å². The number of aryl methyl sites for hydroxylation is 1. The van der Waals surface area contributed by atoms with E-state index in [1.165, 1.54) is 43.7 Å². The molecule has 3 aromatic rings. The van der Waals surface area contributed by atoms with Gasteiger partial charge >= 0.3 is 5.97 Å².